The van der Waals surface area contributed by atoms with Gasteiger partial charge in [0.05, 0.1) is 6.61 Å². The van der Waals surface area contributed by atoms with Gasteiger partial charge in [-0.05, 0) is 12.1 Å². The SMILES string of the molecule is CC(C)(C)C(=O)COCCOc1ccccc1. The van der Waals surface area contributed by atoms with Crippen molar-refractivity contribution in [1.29, 1.82) is 0 Å². The molecule has 0 atom stereocenters. The Balaban J connectivity index is 2.12. The molecule has 17 heavy (non-hydrogen) atoms. The molecule has 0 aliphatic heterocycles. The van der Waals surface area contributed by atoms with Crippen LogP contribution in [0, 0.1) is 5.41 Å². The second-order valence-corrected chi connectivity index (χ2v) is 4.89. The van der Waals surface area contributed by atoms with Crippen LogP contribution >= 0.6 is 0 Å². The Morgan fingerprint density at radius 3 is 2.35 bits per heavy atom. The molecular formula is C14H20O3. The molecule has 0 aromatic heterocycles. The second kappa shape index (κ2) is 6.40. The van der Waals surface area contributed by atoms with Gasteiger partial charge >= 0.3 is 0 Å². The van der Waals surface area contributed by atoms with Crippen LogP contribution in [0.5, 0.6) is 5.75 Å². The summed E-state index contributed by atoms with van der Waals surface area (Å²) in [6, 6.07) is 9.55. The minimum absolute atomic E-state index is 0.109. The monoisotopic (exact) mass is 236 g/mol. The van der Waals surface area contributed by atoms with E-state index < -0.39 is 0 Å². The summed E-state index contributed by atoms with van der Waals surface area (Å²) in [5.41, 5.74) is -0.333. The van der Waals surface area contributed by atoms with Crippen molar-refractivity contribution in [2.75, 3.05) is 19.8 Å². The van der Waals surface area contributed by atoms with Gasteiger partial charge in [0.1, 0.15) is 19.0 Å². The first-order valence-electron chi connectivity index (χ1n) is 5.79. The van der Waals surface area contributed by atoms with Crippen molar-refractivity contribution < 1.29 is 14.3 Å². The quantitative estimate of drug-likeness (QED) is 0.712. The first-order valence-corrected chi connectivity index (χ1v) is 5.79. The molecule has 94 valence electrons. The summed E-state index contributed by atoms with van der Waals surface area (Å²) in [4.78, 5) is 11.5. The summed E-state index contributed by atoms with van der Waals surface area (Å²) in [6.07, 6.45) is 0. The fraction of sp³-hybridized carbons (Fsp3) is 0.500. The highest BCUT2D eigenvalue weighted by atomic mass is 16.5. The summed E-state index contributed by atoms with van der Waals surface area (Å²) in [6.45, 7) is 6.71. The molecule has 0 radical (unpaired) electrons. The number of para-hydroxylation sites is 1. The smallest absolute Gasteiger partial charge is 0.163 e. The highest BCUT2D eigenvalue weighted by Gasteiger charge is 2.20. The van der Waals surface area contributed by atoms with Crippen LogP contribution in [-0.2, 0) is 9.53 Å². The third-order valence-electron chi connectivity index (χ3n) is 2.31. The van der Waals surface area contributed by atoms with Crippen molar-refractivity contribution >= 4 is 5.78 Å². The molecule has 1 aromatic rings. The predicted octanol–water partition coefficient (Wildman–Crippen LogP) is 2.70. The lowest BCUT2D eigenvalue weighted by atomic mass is 9.91. The highest BCUT2D eigenvalue weighted by Crippen LogP contribution is 2.14. The molecule has 0 bridgehead atoms. The van der Waals surface area contributed by atoms with Crippen molar-refractivity contribution in [3.8, 4) is 5.75 Å². The van der Waals surface area contributed by atoms with E-state index >= 15 is 0 Å². The van der Waals surface area contributed by atoms with Crippen LogP contribution in [0.25, 0.3) is 0 Å². The van der Waals surface area contributed by atoms with Crippen molar-refractivity contribution in [3.05, 3.63) is 30.3 Å². The molecule has 0 saturated carbocycles. The molecule has 0 N–H and O–H groups in total. The van der Waals surface area contributed by atoms with Gasteiger partial charge in [-0.15, -0.1) is 0 Å². The van der Waals surface area contributed by atoms with Gasteiger partial charge in [-0.2, -0.15) is 0 Å². The van der Waals surface area contributed by atoms with E-state index in [1.54, 1.807) is 0 Å². The van der Waals surface area contributed by atoms with Crippen LogP contribution in [-0.4, -0.2) is 25.6 Å². The molecule has 0 heterocycles. The van der Waals surface area contributed by atoms with E-state index in [4.69, 9.17) is 9.47 Å². The molecule has 1 rings (SSSR count). The molecule has 0 fully saturated rings. The Morgan fingerprint density at radius 1 is 1.12 bits per heavy atom. The van der Waals surface area contributed by atoms with E-state index in [-0.39, 0.29) is 17.8 Å². The molecule has 0 saturated heterocycles. The van der Waals surface area contributed by atoms with Gasteiger partial charge in [0.15, 0.2) is 5.78 Å². The van der Waals surface area contributed by atoms with Gasteiger partial charge in [0.2, 0.25) is 0 Å². The normalized spacial score (nSPS) is 11.2. The fourth-order valence-corrected chi connectivity index (χ4v) is 1.12. The van der Waals surface area contributed by atoms with Crippen molar-refractivity contribution in [1.82, 2.24) is 0 Å². The summed E-state index contributed by atoms with van der Waals surface area (Å²) in [5, 5.41) is 0. The van der Waals surface area contributed by atoms with Gasteiger partial charge in [0, 0.05) is 5.41 Å². The van der Waals surface area contributed by atoms with Gasteiger partial charge in [-0.25, -0.2) is 0 Å². The lowest BCUT2D eigenvalue weighted by molar-refractivity contribution is -0.131. The van der Waals surface area contributed by atoms with Crippen LogP contribution < -0.4 is 4.74 Å². The number of rotatable bonds is 6. The van der Waals surface area contributed by atoms with Crippen LogP contribution in [0.1, 0.15) is 20.8 Å². The maximum atomic E-state index is 11.5. The van der Waals surface area contributed by atoms with Crippen LogP contribution in [0.3, 0.4) is 0 Å². The van der Waals surface area contributed by atoms with E-state index in [1.807, 2.05) is 51.1 Å². The largest absolute Gasteiger partial charge is 0.491 e. The lowest BCUT2D eigenvalue weighted by Gasteiger charge is -2.16. The molecule has 3 heteroatoms. The van der Waals surface area contributed by atoms with E-state index in [2.05, 4.69) is 0 Å². The summed E-state index contributed by atoms with van der Waals surface area (Å²) >= 11 is 0. The Kier molecular flexibility index (Phi) is 5.16. The summed E-state index contributed by atoms with van der Waals surface area (Å²) in [7, 11) is 0. The van der Waals surface area contributed by atoms with E-state index in [9.17, 15) is 4.79 Å². The minimum atomic E-state index is -0.333. The topological polar surface area (TPSA) is 35.5 Å². The average molecular weight is 236 g/mol. The highest BCUT2D eigenvalue weighted by molar-refractivity contribution is 5.84. The molecular weight excluding hydrogens is 216 g/mol. The van der Waals surface area contributed by atoms with Crippen LogP contribution in [0.4, 0.5) is 0 Å². The van der Waals surface area contributed by atoms with Crippen molar-refractivity contribution in [2.24, 2.45) is 5.41 Å². The number of ketones is 1. The number of hydrogen-bond donors (Lipinski definition) is 0. The van der Waals surface area contributed by atoms with E-state index in [1.165, 1.54) is 0 Å². The molecule has 0 spiro atoms. The van der Waals surface area contributed by atoms with Crippen LogP contribution in [0.2, 0.25) is 0 Å². The molecule has 3 nitrogen and oxygen atoms in total. The predicted molar refractivity (Wildman–Crippen MR) is 67.2 cm³/mol. The third kappa shape index (κ3) is 5.50. The maximum Gasteiger partial charge on any atom is 0.163 e. The van der Waals surface area contributed by atoms with Gasteiger partial charge in [-0.1, -0.05) is 39.0 Å². The molecule has 1 aromatic carbocycles. The van der Waals surface area contributed by atoms with Crippen LogP contribution in [0.15, 0.2) is 30.3 Å². The maximum absolute atomic E-state index is 11.5. The number of carbonyl (C=O) groups excluding carboxylic acids is 1. The zero-order valence-electron chi connectivity index (χ0n) is 10.7. The Morgan fingerprint density at radius 2 is 1.76 bits per heavy atom. The summed E-state index contributed by atoms with van der Waals surface area (Å²) < 4.78 is 10.7. The first kappa shape index (κ1) is 13.7. The lowest BCUT2D eigenvalue weighted by Crippen LogP contribution is -2.25. The number of hydrogen-bond acceptors (Lipinski definition) is 3. The Hall–Kier alpha value is -1.35. The standard InChI is InChI=1S/C14H20O3/c1-14(2,3)13(15)11-16-9-10-17-12-7-5-4-6-8-12/h4-8H,9-11H2,1-3H3. The van der Waals surface area contributed by atoms with Crippen molar-refractivity contribution in [3.63, 3.8) is 0 Å². The van der Waals surface area contributed by atoms with E-state index in [0.29, 0.717) is 13.2 Å². The second-order valence-electron chi connectivity index (χ2n) is 4.89. The van der Waals surface area contributed by atoms with E-state index in [0.717, 1.165) is 5.75 Å². The number of ether oxygens (including phenoxy) is 2. The van der Waals surface area contributed by atoms with Gasteiger partial charge in [-0.3, -0.25) is 4.79 Å². The Labute approximate surface area is 103 Å². The Bertz CT molecular complexity index is 338. The minimum Gasteiger partial charge on any atom is -0.491 e. The number of Topliss-reactive ketones (excluding diaryl/α,β-unsaturated/α-hetero) is 1. The average Bonchev–Trinajstić information content (AvgIpc) is 2.28. The van der Waals surface area contributed by atoms with Crippen molar-refractivity contribution in [2.45, 2.75) is 20.8 Å². The first-order chi connectivity index (χ1) is 8.00. The zero-order valence-corrected chi connectivity index (χ0v) is 10.7. The van der Waals surface area contributed by atoms with Gasteiger partial charge in [0.25, 0.3) is 0 Å². The molecule has 0 aliphatic rings. The molecule has 0 amide bonds. The zero-order chi connectivity index (χ0) is 12.7. The summed E-state index contributed by atoms with van der Waals surface area (Å²) in [5.74, 6) is 0.926. The van der Waals surface area contributed by atoms with Gasteiger partial charge < -0.3 is 9.47 Å². The third-order valence-corrected chi connectivity index (χ3v) is 2.31. The number of carbonyl (C=O) groups is 1. The molecule has 0 unspecified atom stereocenters. The number of benzene rings is 1. The molecule has 0 aliphatic carbocycles. The fourth-order valence-electron chi connectivity index (χ4n) is 1.12.